The van der Waals surface area contributed by atoms with E-state index in [4.69, 9.17) is 10.5 Å². The molecular formula is C14H29NO. The van der Waals surface area contributed by atoms with Crippen LogP contribution in [0.1, 0.15) is 65.7 Å². The molecule has 2 heteroatoms. The fourth-order valence-corrected chi connectivity index (χ4v) is 2.76. The van der Waals surface area contributed by atoms with E-state index in [2.05, 4.69) is 20.8 Å². The molecule has 0 heterocycles. The molecule has 1 unspecified atom stereocenters. The van der Waals surface area contributed by atoms with Crippen molar-refractivity contribution in [3.8, 4) is 0 Å². The highest BCUT2D eigenvalue weighted by Crippen LogP contribution is 2.43. The predicted molar refractivity (Wildman–Crippen MR) is 69.5 cm³/mol. The second-order valence-corrected chi connectivity index (χ2v) is 6.18. The lowest BCUT2D eigenvalue weighted by Gasteiger charge is -2.46. The van der Waals surface area contributed by atoms with Crippen LogP contribution in [0, 0.1) is 5.41 Å². The van der Waals surface area contributed by atoms with Crippen LogP contribution < -0.4 is 5.73 Å². The zero-order chi connectivity index (χ0) is 12.2. The van der Waals surface area contributed by atoms with Crippen molar-refractivity contribution in [3.63, 3.8) is 0 Å². The lowest BCUT2D eigenvalue weighted by atomic mass is 9.68. The Bertz CT molecular complexity index is 203. The van der Waals surface area contributed by atoms with E-state index in [0.29, 0.717) is 5.41 Å². The molecule has 0 aliphatic heterocycles. The number of unbranched alkanes of at least 4 members (excludes halogenated alkanes) is 1. The Morgan fingerprint density at radius 2 is 1.75 bits per heavy atom. The Kier molecular flexibility index (Phi) is 4.81. The molecule has 1 saturated carbocycles. The Balaban J connectivity index is 2.58. The quantitative estimate of drug-likeness (QED) is 0.780. The Labute approximate surface area is 101 Å². The minimum absolute atomic E-state index is 0.0370. The molecule has 0 radical (unpaired) electrons. The fourth-order valence-electron chi connectivity index (χ4n) is 2.76. The van der Waals surface area contributed by atoms with Gasteiger partial charge in [0.15, 0.2) is 0 Å². The molecule has 1 fully saturated rings. The molecule has 0 bridgehead atoms. The van der Waals surface area contributed by atoms with Gasteiger partial charge in [0, 0.05) is 13.2 Å². The number of ether oxygens (including phenoxy) is 1. The molecule has 1 atom stereocenters. The number of nitrogens with two attached hydrogens (primary N) is 1. The highest BCUT2D eigenvalue weighted by atomic mass is 16.5. The molecule has 0 amide bonds. The van der Waals surface area contributed by atoms with E-state index < -0.39 is 0 Å². The third-order valence-corrected chi connectivity index (χ3v) is 4.40. The smallest absolute Gasteiger partial charge is 0.0829 e. The lowest BCUT2D eigenvalue weighted by Crippen LogP contribution is -2.52. The molecule has 2 N–H and O–H groups in total. The first kappa shape index (κ1) is 14.0. The zero-order valence-corrected chi connectivity index (χ0v) is 11.5. The highest BCUT2D eigenvalue weighted by Gasteiger charge is 2.42. The van der Waals surface area contributed by atoms with Crippen molar-refractivity contribution in [2.45, 2.75) is 77.4 Å². The largest absolute Gasteiger partial charge is 0.377 e. The van der Waals surface area contributed by atoms with Gasteiger partial charge in [0.25, 0.3) is 0 Å². The van der Waals surface area contributed by atoms with Crippen LogP contribution >= 0.6 is 0 Å². The Morgan fingerprint density at radius 3 is 2.19 bits per heavy atom. The SMILES string of the molecule is CCCCC(N)C1(OC)CCC(C)(C)CC1. The fraction of sp³-hybridized carbons (Fsp3) is 1.00. The summed E-state index contributed by atoms with van der Waals surface area (Å²) < 4.78 is 5.81. The first-order chi connectivity index (χ1) is 7.46. The topological polar surface area (TPSA) is 35.2 Å². The Morgan fingerprint density at radius 1 is 1.19 bits per heavy atom. The van der Waals surface area contributed by atoms with Crippen molar-refractivity contribution in [2.75, 3.05) is 7.11 Å². The molecule has 0 aromatic heterocycles. The number of hydrogen-bond acceptors (Lipinski definition) is 2. The molecular weight excluding hydrogens is 198 g/mol. The van der Waals surface area contributed by atoms with Crippen LogP contribution in [0.15, 0.2) is 0 Å². The average Bonchev–Trinajstić information content (AvgIpc) is 2.27. The molecule has 16 heavy (non-hydrogen) atoms. The van der Waals surface area contributed by atoms with Gasteiger partial charge in [0.05, 0.1) is 5.60 Å². The lowest BCUT2D eigenvalue weighted by molar-refractivity contribution is -0.0800. The number of hydrogen-bond donors (Lipinski definition) is 1. The maximum absolute atomic E-state index is 6.34. The molecule has 0 aromatic rings. The molecule has 1 aliphatic rings. The summed E-state index contributed by atoms with van der Waals surface area (Å²) in [6.07, 6.45) is 8.27. The maximum atomic E-state index is 6.34. The van der Waals surface area contributed by atoms with E-state index >= 15 is 0 Å². The molecule has 2 nitrogen and oxygen atoms in total. The van der Waals surface area contributed by atoms with Gasteiger partial charge in [-0.15, -0.1) is 0 Å². The summed E-state index contributed by atoms with van der Waals surface area (Å²) in [4.78, 5) is 0. The normalized spacial score (nSPS) is 25.3. The van der Waals surface area contributed by atoms with E-state index in [-0.39, 0.29) is 11.6 Å². The predicted octanol–water partition coefficient (Wildman–Crippen LogP) is 3.49. The monoisotopic (exact) mass is 227 g/mol. The maximum Gasteiger partial charge on any atom is 0.0829 e. The second kappa shape index (κ2) is 5.50. The van der Waals surface area contributed by atoms with E-state index in [0.717, 1.165) is 19.3 Å². The average molecular weight is 227 g/mol. The second-order valence-electron chi connectivity index (χ2n) is 6.18. The van der Waals surface area contributed by atoms with Gasteiger partial charge in [-0.3, -0.25) is 0 Å². The molecule has 0 saturated heterocycles. The van der Waals surface area contributed by atoms with Crippen molar-refractivity contribution in [1.29, 1.82) is 0 Å². The van der Waals surface area contributed by atoms with E-state index in [1.807, 2.05) is 7.11 Å². The minimum atomic E-state index is -0.0370. The van der Waals surface area contributed by atoms with Crippen molar-refractivity contribution >= 4 is 0 Å². The minimum Gasteiger partial charge on any atom is -0.377 e. The van der Waals surface area contributed by atoms with E-state index in [1.54, 1.807) is 0 Å². The number of rotatable bonds is 5. The summed E-state index contributed by atoms with van der Waals surface area (Å²) in [5.41, 5.74) is 6.79. The summed E-state index contributed by atoms with van der Waals surface area (Å²) >= 11 is 0. The Hall–Kier alpha value is -0.0800. The van der Waals surface area contributed by atoms with Crippen LogP contribution in [0.4, 0.5) is 0 Å². The van der Waals surface area contributed by atoms with Gasteiger partial charge >= 0.3 is 0 Å². The van der Waals surface area contributed by atoms with Crippen LogP contribution in [0.3, 0.4) is 0 Å². The summed E-state index contributed by atoms with van der Waals surface area (Å²) in [5.74, 6) is 0. The van der Waals surface area contributed by atoms with Crippen molar-refractivity contribution < 1.29 is 4.74 Å². The summed E-state index contributed by atoms with van der Waals surface area (Å²) in [5, 5.41) is 0. The summed E-state index contributed by atoms with van der Waals surface area (Å²) in [6, 6.07) is 0.216. The third kappa shape index (κ3) is 3.21. The summed E-state index contributed by atoms with van der Waals surface area (Å²) in [7, 11) is 1.84. The van der Waals surface area contributed by atoms with Crippen LogP contribution in [0.25, 0.3) is 0 Å². The zero-order valence-electron chi connectivity index (χ0n) is 11.5. The first-order valence-corrected chi connectivity index (χ1v) is 6.76. The van der Waals surface area contributed by atoms with E-state index in [9.17, 15) is 0 Å². The van der Waals surface area contributed by atoms with Gasteiger partial charge < -0.3 is 10.5 Å². The standard InChI is InChI=1S/C14H29NO/c1-5-6-7-12(15)14(16-4)10-8-13(2,3)9-11-14/h12H,5-11,15H2,1-4H3. The summed E-state index contributed by atoms with van der Waals surface area (Å²) in [6.45, 7) is 6.92. The van der Waals surface area contributed by atoms with Crippen molar-refractivity contribution in [1.82, 2.24) is 0 Å². The van der Waals surface area contributed by atoms with Crippen molar-refractivity contribution in [2.24, 2.45) is 11.1 Å². The van der Waals surface area contributed by atoms with Gasteiger partial charge in [-0.25, -0.2) is 0 Å². The third-order valence-electron chi connectivity index (χ3n) is 4.40. The van der Waals surface area contributed by atoms with E-state index in [1.165, 1.54) is 25.7 Å². The van der Waals surface area contributed by atoms with Gasteiger partial charge in [-0.1, -0.05) is 33.6 Å². The van der Waals surface area contributed by atoms with Crippen LogP contribution in [0.5, 0.6) is 0 Å². The van der Waals surface area contributed by atoms with Gasteiger partial charge in [-0.2, -0.15) is 0 Å². The molecule has 0 spiro atoms. The highest BCUT2D eigenvalue weighted by molar-refractivity contribution is 4.97. The van der Waals surface area contributed by atoms with Gasteiger partial charge in [0.2, 0.25) is 0 Å². The van der Waals surface area contributed by atoms with Gasteiger partial charge in [0.1, 0.15) is 0 Å². The molecule has 1 aliphatic carbocycles. The first-order valence-electron chi connectivity index (χ1n) is 6.76. The van der Waals surface area contributed by atoms with Crippen LogP contribution in [0.2, 0.25) is 0 Å². The van der Waals surface area contributed by atoms with Crippen molar-refractivity contribution in [3.05, 3.63) is 0 Å². The molecule has 96 valence electrons. The van der Waals surface area contributed by atoms with Crippen LogP contribution in [-0.2, 0) is 4.74 Å². The number of methoxy groups -OCH3 is 1. The molecule has 1 rings (SSSR count). The van der Waals surface area contributed by atoms with Crippen LogP contribution in [-0.4, -0.2) is 18.8 Å². The van der Waals surface area contributed by atoms with Gasteiger partial charge in [-0.05, 0) is 37.5 Å². The molecule has 0 aromatic carbocycles.